The Bertz CT molecular complexity index is 882. The minimum atomic E-state index is -0.514. The van der Waals surface area contributed by atoms with E-state index in [1.54, 1.807) is 11.1 Å². The molecule has 0 bridgehead atoms. The molecule has 2 fully saturated rings. The fraction of sp³-hybridized carbons (Fsp3) is 0.476. The molecule has 0 aliphatic carbocycles. The fourth-order valence-corrected chi connectivity index (χ4v) is 4.05. The van der Waals surface area contributed by atoms with E-state index in [4.69, 9.17) is 4.42 Å². The molecule has 1 N–H and O–H groups in total. The van der Waals surface area contributed by atoms with E-state index in [1.165, 1.54) is 0 Å². The minimum Gasteiger partial charge on any atom is -0.427 e. The largest absolute Gasteiger partial charge is 0.427 e. The van der Waals surface area contributed by atoms with Crippen LogP contribution in [0, 0.1) is 6.92 Å². The van der Waals surface area contributed by atoms with Crippen LogP contribution in [-0.4, -0.2) is 55.1 Å². The van der Waals surface area contributed by atoms with Crippen LogP contribution in [0.15, 0.2) is 39.8 Å². The number of piperazine rings is 1. The van der Waals surface area contributed by atoms with E-state index in [0.717, 1.165) is 31.6 Å². The summed E-state index contributed by atoms with van der Waals surface area (Å²) < 4.78 is 5.57. The highest BCUT2D eigenvalue weighted by Gasteiger charge is 2.28. The van der Waals surface area contributed by atoms with E-state index in [1.807, 2.05) is 31.3 Å². The topological polar surface area (TPSA) is 78.7 Å². The lowest BCUT2D eigenvalue weighted by atomic mass is 9.95. The molecule has 2 aliphatic heterocycles. The molecule has 1 unspecified atom stereocenters. The lowest BCUT2D eigenvalue weighted by Gasteiger charge is -2.36. The van der Waals surface area contributed by atoms with Gasteiger partial charge in [-0.05, 0) is 50.1 Å². The summed E-state index contributed by atoms with van der Waals surface area (Å²) in [6, 6.07) is 5.80. The maximum absolute atomic E-state index is 13.0. The molecular weight excluding hydrogens is 356 g/mol. The van der Waals surface area contributed by atoms with Crippen LogP contribution in [0.3, 0.4) is 0 Å². The summed E-state index contributed by atoms with van der Waals surface area (Å²) in [6.07, 6.45) is 5.64. The Labute approximate surface area is 164 Å². The smallest absolute Gasteiger partial charge is 0.349 e. The molecule has 0 radical (unpaired) electrons. The van der Waals surface area contributed by atoms with Gasteiger partial charge in [0.2, 0.25) is 0 Å². The number of carbonyl (C=O) groups is 1. The molecule has 7 heteroatoms. The molecule has 7 nitrogen and oxygen atoms in total. The van der Waals surface area contributed by atoms with Crippen molar-refractivity contribution in [2.45, 2.75) is 25.7 Å². The summed E-state index contributed by atoms with van der Waals surface area (Å²) in [5, 5.41) is 3.33. The van der Waals surface area contributed by atoms with Gasteiger partial charge >= 0.3 is 5.63 Å². The number of aryl methyl sites for hydroxylation is 1. The normalized spacial score (nSPS) is 20.2. The highest BCUT2D eigenvalue weighted by Crippen LogP contribution is 2.24. The van der Waals surface area contributed by atoms with Gasteiger partial charge in [-0.1, -0.05) is 0 Å². The zero-order chi connectivity index (χ0) is 19.5. The van der Waals surface area contributed by atoms with E-state index < -0.39 is 5.63 Å². The Kier molecular flexibility index (Phi) is 5.43. The fourth-order valence-electron chi connectivity index (χ4n) is 4.05. The molecule has 148 valence electrons. The number of piperidine rings is 1. The van der Waals surface area contributed by atoms with Crippen molar-refractivity contribution in [3.63, 3.8) is 0 Å². The van der Waals surface area contributed by atoms with Gasteiger partial charge in [0.05, 0.1) is 11.9 Å². The Hall–Kier alpha value is -2.67. The second-order valence-electron chi connectivity index (χ2n) is 7.53. The highest BCUT2D eigenvalue weighted by molar-refractivity contribution is 5.95. The maximum atomic E-state index is 13.0. The van der Waals surface area contributed by atoms with Crippen molar-refractivity contribution < 1.29 is 9.21 Å². The Morgan fingerprint density at radius 3 is 2.75 bits per heavy atom. The zero-order valence-electron chi connectivity index (χ0n) is 16.2. The first kappa shape index (κ1) is 18.7. The number of pyridine rings is 1. The van der Waals surface area contributed by atoms with E-state index >= 15 is 0 Å². The molecule has 4 heterocycles. The Morgan fingerprint density at radius 1 is 1.29 bits per heavy atom. The first-order chi connectivity index (χ1) is 13.6. The second-order valence-corrected chi connectivity index (χ2v) is 7.53. The van der Waals surface area contributed by atoms with Crippen LogP contribution in [-0.2, 0) is 0 Å². The van der Waals surface area contributed by atoms with Crippen LogP contribution in [0.4, 0.5) is 5.69 Å². The molecule has 0 saturated carbocycles. The van der Waals surface area contributed by atoms with E-state index in [2.05, 4.69) is 15.2 Å². The van der Waals surface area contributed by atoms with Crippen LogP contribution in [0.5, 0.6) is 0 Å². The second kappa shape index (κ2) is 8.14. The molecule has 2 aliphatic rings. The van der Waals surface area contributed by atoms with Crippen LogP contribution in [0.25, 0.3) is 0 Å². The standard InChI is InChI=1S/C21H26N4O3/c1-15-12-18(16-4-2-6-22-13-16)28-21(27)19(15)20(26)25-10-8-24(9-11-25)17-5-3-7-23-14-17/h3,5,7,12,14,16,22H,2,4,6,8-11,13H2,1H3. The third-order valence-corrected chi connectivity index (χ3v) is 5.66. The molecule has 0 aromatic carbocycles. The molecule has 2 aromatic heterocycles. The summed E-state index contributed by atoms with van der Waals surface area (Å²) in [7, 11) is 0. The third kappa shape index (κ3) is 3.80. The summed E-state index contributed by atoms with van der Waals surface area (Å²) in [4.78, 5) is 33.7. The van der Waals surface area contributed by atoms with Crippen molar-refractivity contribution in [3.05, 3.63) is 57.9 Å². The van der Waals surface area contributed by atoms with E-state index in [-0.39, 0.29) is 17.4 Å². The Balaban J connectivity index is 1.47. The monoisotopic (exact) mass is 382 g/mol. The highest BCUT2D eigenvalue weighted by atomic mass is 16.4. The minimum absolute atomic E-state index is 0.169. The van der Waals surface area contributed by atoms with Gasteiger partial charge in [-0.2, -0.15) is 0 Å². The third-order valence-electron chi connectivity index (χ3n) is 5.66. The van der Waals surface area contributed by atoms with Gasteiger partial charge in [0.1, 0.15) is 11.3 Å². The number of nitrogens with zero attached hydrogens (tertiary/aromatic N) is 3. The summed E-state index contributed by atoms with van der Waals surface area (Å²) >= 11 is 0. The summed E-state index contributed by atoms with van der Waals surface area (Å²) in [5.41, 5.74) is 1.41. The summed E-state index contributed by atoms with van der Waals surface area (Å²) in [6.45, 7) is 6.21. The number of aromatic nitrogens is 1. The van der Waals surface area contributed by atoms with Gasteiger partial charge in [-0.15, -0.1) is 0 Å². The first-order valence-electron chi connectivity index (χ1n) is 9.93. The van der Waals surface area contributed by atoms with Crippen LogP contribution in [0.1, 0.15) is 40.4 Å². The number of amides is 1. The average molecular weight is 382 g/mol. The molecule has 2 saturated heterocycles. The predicted molar refractivity (Wildman–Crippen MR) is 107 cm³/mol. The van der Waals surface area contributed by atoms with E-state index in [0.29, 0.717) is 37.5 Å². The first-order valence-corrected chi connectivity index (χ1v) is 9.93. The SMILES string of the molecule is Cc1cc(C2CCCNC2)oc(=O)c1C(=O)N1CCN(c2cccnc2)CC1. The molecule has 28 heavy (non-hydrogen) atoms. The van der Waals surface area contributed by atoms with Crippen LogP contribution in [0.2, 0.25) is 0 Å². The maximum Gasteiger partial charge on any atom is 0.349 e. The molecule has 1 atom stereocenters. The average Bonchev–Trinajstić information content (AvgIpc) is 2.74. The number of nitrogens with one attached hydrogen (secondary N) is 1. The molecule has 1 amide bonds. The van der Waals surface area contributed by atoms with Crippen molar-refractivity contribution in [2.24, 2.45) is 0 Å². The van der Waals surface area contributed by atoms with Gasteiger partial charge in [0.15, 0.2) is 0 Å². The Morgan fingerprint density at radius 2 is 2.11 bits per heavy atom. The summed E-state index contributed by atoms with van der Waals surface area (Å²) in [5.74, 6) is 0.658. The van der Waals surface area contributed by atoms with Gasteiger partial charge in [0, 0.05) is 44.8 Å². The van der Waals surface area contributed by atoms with Crippen LogP contribution < -0.4 is 15.8 Å². The quantitative estimate of drug-likeness (QED) is 0.872. The number of carbonyl (C=O) groups excluding carboxylic acids is 1. The van der Waals surface area contributed by atoms with Crippen molar-refractivity contribution in [3.8, 4) is 0 Å². The predicted octanol–water partition coefficient (Wildman–Crippen LogP) is 1.77. The molecule has 2 aromatic rings. The van der Waals surface area contributed by atoms with Gasteiger partial charge < -0.3 is 19.5 Å². The molecule has 0 spiro atoms. The van der Waals surface area contributed by atoms with E-state index in [9.17, 15) is 9.59 Å². The lowest BCUT2D eigenvalue weighted by molar-refractivity contribution is 0.0740. The van der Waals surface area contributed by atoms with Crippen molar-refractivity contribution in [1.29, 1.82) is 0 Å². The van der Waals surface area contributed by atoms with Crippen molar-refractivity contribution >= 4 is 11.6 Å². The van der Waals surface area contributed by atoms with Crippen molar-refractivity contribution in [1.82, 2.24) is 15.2 Å². The molecular formula is C21H26N4O3. The number of anilines is 1. The van der Waals surface area contributed by atoms with Gasteiger partial charge in [0.25, 0.3) is 5.91 Å². The number of rotatable bonds is 3. The van der Waals surface area contributed by atoms with Crippen LogP contribution >= 0.6 is 0 Å². The number of hydrogen-bond donors (Lipinski definition) is 1. The zero-order valence-corrected chi connectivity index (χ0v) is 16.2. The van der Waals surface area contributed by atoms with Gasteiger partial charge in [-0.25, -0.2) is 4.79 Å². The van der Waals surface area contributed by atoms with Crippen molar-refractivity contribution in [2.75, 3.05) is 44.2 Å². The molecule has 4 rings (SSSR count). The number of hydrogen-bond acceptors (Lipinski definition) is 6. The van der Waals surface area contributed by atoms with Gasteiger partial charge in [-0.3, -0.25) is 9.78 Å². The lowest BCUT2D eigenvalue weighted by Crippen LogP contribution is -2.49.